The molecule has 1 amide bonds. The van der Waals surface area contributed by atoms with Crippen molar-refractivity contribution in [2.45, 2.75) is 13.0 Å². The molecule has 2 heterocycles. The van der Waals surface area contributed by atoms with Gasteiger partial charge in [-0.05, 0) is 48.9 Å². The van der Waals surface area contributed by atoms with Gasteiger partial charge < -0.3 is 10.6 Å². The highest BCUT2D eigenvalue weighted by Gasteiger charge is 2.33. The van der Waals surface area contributed by atoms with Crippen molar-refractivity contribution in [2.24, 2.45) is 0 Å². The van der Waals surface area contributed by atoms with Crippen LogP contribution in [0.15, 0.2) is 66.1 Å². The molecule has 0 radical (unpaired) electrons. The Balaban J connectivity index is 1.74. The van der Waals surface area contributed by atoms with Crippen LogP contribution in [0.3, 0.4) is 0 Å². The van der Waals surface area contributed by atoms with Crippen molar-refractivity contribution in [3.05, 3.63) is 81.7 Å². The topological polar surface area (TPSA) is 71.8 Å². The number of rotatable bonds is 3. The summed E-state index contributed by atoms with van der Waals surface area (Å²) in [5.41, 5.74) is 2.80. The number of aromatic nitrogens is 3. The molecule has 0 spiro atoms. The van der Waals surface area contributed by atoms with Crippen molar-refractivity contribution in [3.63, 3.8) is 0 Å². The molecule has 0 saturated heterocycles. The Morgan fingerprint density at radius 2 is 1.70 bits per heavy atom. The molecule has 0 unspecified atom stereocenters. The van der Waals surface area contributed by atoms with Gasteiger partial charge in [-0.1, -0.05) is 35.3 Å². The summed E-state index contributed by atoms with van der Waals surface area (Å²) in [6.45, 7) is 1.85. The highest BCUT2D eigenvalue weighted by atomic mass is 35.5. The van der Waals surface area contributed by atoms with Gasteiger partial charge >= 0.3 is 0 Å². The fourth-order valence-corrected chi connectivity index (χ4v) is 3.32. The summed E-state index contributed by atoms with van der Waals surface area (Å²) in [5.74, 6) is 0.346. The van der Waals surface area contributed by atoms with Crippen LogP contribution in [0.4, 0.5) is 11.6 Å². The SMILES string of the molecule is CC1=C(C(=O)Nc2ccc(Cl)cc2)[C@@H](c2ccc(Cl)cc2)n2ncnc2N1. The van der Waals surface area contributed by atoms with Crippen molar-refractivity contribution >= 4 is 40.7 Å². The third-order valence-corrected chi connectivity index (χ3v) is 4.83. The Labute approximate surface area is 165 Å². The van der Waals surface area contributed by atoms with Gasteiger partial charge in [-0.25, -0.2) is 4.68 Å². The highest BCUT2D eigenvalue weighted by Crippen LogP contribution is 2.35. The van der Waals surface area contributed by atoms with Crippen molar-refractivity contribution in [1.82, 2.24) is 14.8 Å². The van der Waals surface area contributed by atoms with Gasteiger partial charge in [-0.3, -0.25) is 4.79 Å². The fourth-order valence-electron chi connectivity index (χ4n) is 3.07. The van der Waals surface area contributed by atoms with Crippen LogP contribution in [-0.4, -0.2) is 20.7 Å². The van der Waals surface area contributed by atoms with Crippen molar-refractivity contribution < 1.29 is 4.79 Å². The zero-order valence-corrected chi connectivity index (χ0v) is 15.8. The molecule has 4 rings (SSSR count). The first-order chi connectivity index (χ1) is 13.0. The van der Waals surface area contributed by atoms with Gasteiger partial charge in [0.1, 0.15) is 12.4 Å². The number of fused-ring (bicyclic) bond motifs is 1. The van der Waals surface area contributed by atoms with Gasteiger partial charge in [-0.2, -0.15) is 10.1 Å². The van der Waals surface area contributed by atoms with Crippen LogP contribution < -0.4 is 10.6 Å². The second-order valence-corrected chi connectivity index (χ2v) is 6.98. The standard InChI is InChI=1S/C19H15Cl2N5O/c1-11-16(18(27)25-15-8-6-14(21)7-9-15)17(12-2-4-13(20)5-3-12)26-19(24-11)22-10-23-26/h2-10,17H,1H3,(H,25,27)(H,22,23,24)/t17-/m1/s1. The van der Waals surface area contributed by atoms with E-state index >= 15 is 0 Å². The lowest BCUT2D eigenvalue weighted by Gasteiger charge is -2.28. The minimum absolute atomic E-state index is 0.233. The van der Waals surface area contributed by atoms with Crippen LogP contribution in [-0.2, 0) is 4.79 Å². The molecule has 1 atom stereocenters. The number of carbonyl (C=O) groups is 1. The summed E-state index contributed by atoms with van der Waals surface area (Å²) in [4.78, 5) is 17.3. The number of nitrogens with zero attached hydrogens (tertiary/aromatic N) is 3. The third-order valence-electron chi connectivity index (χ3n) is 4.33. The van der Waals surface area contributed by atoms with Gasteiger partial charge in [0.25, 0.3) is 5.91 Å². The minimum Gasteiger partial charge on any atom is -0.328 e. The lowest BCUT2D eigenvalue weighted by molar-refractivity contribution is -0.113. The van der Waals surface area contributed by atoms with E-state index in [1.54, 1.807) is 41.1 Å². The molecule has 0 saturated carbocycles. The predicted octanol–water partition coefficient (Wildman–Crippen LogP) is 4.51. The van der Waals surface area contributed by atoms with Gasteiger partial charge in [0, 0.05) is 21.4 Å². The van der Waals surface area contributed by atoms with E-state index in [0.717, 1.165) is 5.56 Å². The summed E-state index contributed by atoms with van der Waals surface area (Å²) < 4.78 is 1.69. The minimum atomic E-state index is -0.423. The zero-order chi connectivity index (χ0) is 19.0. The largest absolute Gasteiger partial charge is 0.328 e. The normalized spacial score (nSPS) is 15.9. The summed E-state index contributed by atoms with van der Waals surface area (Å²) in [7, 11) is 0. The average molecular weight is 400 g/mol. The van der Waals surface area contributed by atoms with Crippen LogP contribution >= 0.6 is 23.2 Å². The fraction of sp³-hybridized carbons (Fsp3) is 0.105. The number of carbonyl (C=O) groups excluding carboxylic acids is 1. The smallest absolute Gasteiger partial charge is 0.255 e. The van der Waals surface area contributed by atoms with Gasteiger partial charge in [0.05, 0.1) is 5.57 Å². The summed E-state index contributed by atoms with van der Waals surface area (Å²) in [6.07, 6.45) is 1.46. The second kappa shape index (κ2) is 7.06. The molecule has 1 aliphatic heterocycles. The van der Waals surface area contributed by atoms with Gasteiger partial charge in [0.15, 0.2) is 0 Å². The summed E-state index contributed by atoms with van der Waals surface area (Å²) in [5, 5.41) is 11.6. The van der Waals surface area contributed by atoms with Crippen molar-refractivity contribution in [3.8, 4) is 0 Å². The molecule has 8 heteroatoms. The van der Waals surface area contributed by atoms with Crippen LogP contribution in [0.2, 0.25) is 10.0 Å². The van der Waals surface area contributed by atoms with Gasteiger partial charge in [0.2, 0.25) is 5.95 Å². The van der Waals surface area contributed by atoms with Crippen molar-refractivity contribution in [1.29, 1.82) is 0 Å². The molecule has 2 N–H and O–H groups in total. The molecule has 0 bridgehead atoms. The molecule has 136 valence electrons. The molecule has 2 aromatic carbocycles. The van der Waals surface area contributed by atoms with Crippen molar-refractivity contribution in [2.75, 3.05) is 10.6 Å². The lowest BCUT2D eigenvalue weighted by atomic mass is 9.95. The second-order valence-electron chi connectivity index (χ2n) is 6.11. The number of benzene rings is 2. The first kappa shape index (κ1) is 17.6. The predicted molar refractivity (Wildman–Crippen MR) is 106 cm³/mol. The molecule has 3 aromatic rings. The summed E-state index contributed by atoms with van der Waals surface area (Å²) in [6, 6.07) is 13.9. The van der Waals surface area contributed by atoms with Crippen LogP contribution in [0, 0.1) is 0 Å². The lowest BCUT2D eigenvalue weighted by Crippen LogP contribution is -2.31. The Kier molecular flexibility index (Phi) is 4.59. The first-order valence-electron chi connectivity index (χ1n) is 8.22. The number of anilines is 2. The molecule has 0 fully saturated rings. The quantitative estimate of drug-likeness (QED) is 0.679. The van der Waals surface area contributed by atoms with Gasteiger partial charge in [-0.15, -0.1) is 0 Å². The van der Waals surface area contributed by atoms with Crippen LogP contribution in [0.25, 0.3) is 0 Å². The average Bonchev–Trinajstić information content (AvgIpc) is 3.11. The first-order valence-corrected chi connectivity index (χ1v) is 8.98. The van der Waals surface area contributed by atoms with Crippen LogP contribution in [0.1, 0.15) is 18.5 Å². The summed E-state index contributed by atoms with van der Waals surface area (Å²) >= 11 is 11.9. The number of halogens is 2. The molecule has 27 heavy (non-hydrogen) atoms. The molecule has 1 aromatic heterocycles. The molecule has 1 aliphatic rings. The van der Waals surface area contributed by atoms with Crippen LogP contribution in [0.5, 0.6) is 0 Å². The molecular weight excluding hydrogens is 385 g/mol. The maximum absolute atomic E-state index is 13.1. The Morgan fingerprint density at radius 3 is 2.37 bits per heavy atom. The molecular formula is C19H15Cl2N5O. The van der Waals surface area contributed by atoms with E-state index < -0.39 is 6.04 Å². The van der Waals surface area contributed by atoms with E-state index in [0.29, 0.717) is 33.0 Å². The Bertz CT molecular complexity index is 1030. The number of hydrogen-bond donors (Lipinski definition) is 2. The number of hydrogen-bond acceptors (Lipinski definition) is 4. The maximum Gasteiger partial charge on any atom is 0.255 e. The van der Waals surface area contributed by atoms with E-state index in [-0.39, 0.29) is 5.91 Å². The number of amides is 1. The molecule has 0 aliphatic carbocycles. The Morgan fingerprint density at radius 1 is 1.07 bits per heavy atom. The molecule has 6 nitrogen and oxygen atoms in total. The third kappa shape index (κ3) is 3.41. The maximum atomic E-state index is 13.1. The highest BCUT2D eigenvalue weighted by molar-refractivity contribution is 6.30. The van der Waals surface area contributed by atoms with E-state index in [4.69, 9.17) is 23.2 Å². The van der Waals surface area contributed by atoms with E-state index in [1.807, 2.05) is 19.1 Å². The zero-order valence-electron chi connectivity index (χ0n) is 14.3. The van der Waals surface area contributed by atoms with E-state index in [1.165, 1.54) is 6.33 Å². The Hall–Kier alpha value is -2.83. The monoisotopic (exact) mass is 399 g/mol. The number of allylic oxidation sites excluding steroid dienone is 1. The van der Waals surface area contributed by atoms with E-state index in [9.17, 15) is 4.79 Å². The number of nitrogens with one attached hydrogen (secondary N) is 2. The van der Waals surface area contributed by atoms with E-state index in [2.05, 4.69) is 20.7 Å².